The number of hydrogen-bond donors (Lipinski definition) is 5. The standard InChI is InChI=1S/C8H10O2.C3H8O3.C2H6O/c9-6-7-10-8-4-2-1-3-5-8;4-1-3(6)2-5;1-2-3/h1-5,9H,6-7H2;3-6H,1-2H2;3H,2H2,1H3. The van der Waals surface area contributed by atoms with Gasteiger partial charge in [0.05, 0.1) is 19.8 Å². The van der Waals surface area contributed by atoms with Crippen LogP contribution < -0.4 is 4.74 Å². The molecule has 112 valence electrons. The van der Waals surface area contributed by atoms with E-state index in [1.807, 2.05) is 30.3 Å². The van der Waals surface area contributed by atoms with Gasteiger partial charge in [0.1, 0.15) is 18.5 Å². The summed E-state index contributed by atoms with van der Waals surface area (Å²) >= 11 is 0. The van der Waals surface area contributed by atoms with Gasteiger partial charge >= 0.3 is 0 Å². The van der Waals surface area contributed by atoms with Gasteiger partial charge in [-0.05, 0) is 19.1 Å². The summed E-state index contributed by atoms with van der Waals surface area (Å²) in [6.07, 6.45) is -0.954. The first-order chi connectivity index (χ1) is 9.15. The fourth-order valence-corrected chi connectivity index (χ4v) is 0.738. The number of para-hydroxylation sites is 1. The number of aliphatic hydroxyl groups is 5. The molecule has 5 N–H and O–H groups in total. The van der Waals surface area contributed by atoms with Crippen LogP contribution in [0.2, 0.25) is 0 Å². The lowest BCUT2D eigenvalue weighted by Crippen LogP contribution is -2.15. The highest BCUT2D eigenvalue weighted by Crippen LogP contribution is 2.06. The Hall–Kier alpha value is -1.18. The van der Waals surface area contributed by atoms with E-state index in [1.54, 1.807) is 6.92 Å². The van der Waals surface area contributed by atoms with Gasteiger partial charge in [-0.1, -0.05) is 18.2 Å². The van der Waals surface area contributed by atoms with Crippen LogP contribution in [0.5, 0.6) is 5.75 Å². The van der Waals surface area contributed by atoms with Gasteiger partial charge in [0, 0.05) is 6.61 Å². The summed E-state index contributed by atoms with van der Waals surface area (Å²) in [5.74, 6) is 0.802. The van der Waals surface area contributed by atoms with Gasteiger partial charge in [-0.25, -0.2) is 0 Å². The van der Waals surface area contributed by atoms with E-state index in [0.717, 1.165) is 5.75 Å². The fraction of sp³-hybridized carbons (Fsp3) is 0.538. The molecular formula is C13H24O6. The second kappa shape index (κ2) is 16.8. The summed E-state index contributed by atoms with van der Waals surface area (Å²) in [5, 5.41) is 40.0. The predicted molar refractivity (Wildman–Crippen MR) is 72.0 cm³/mol. The summed E-state index contributed by atoms with van der Waals surface area (Å²) in [4.78, 5) is 0. The Labute approximate surface area is 113 Å². The number of aliphatic hydroxyl groups excluding tert-OH is 5. The van der Waals surface area contributed by atoms with Crippen LogP contribution in [-0.4, -0.2) is 64.7 Å². The Kier molecular flexibility index (Phi) is 17.8. The number of ether oxygens (including phenoxy) is 1. The molecule has 0 bridgehead atoms. The first-order valence-corrected chi connectivity index (χ1v) is 5.95. The highest BCUT2D eigenvalue weighted by atomic mass is 16.5. The first kappa shape index (κ1) is 20.1. The molecule has 6 nitrogen and oxygen atoms in total. The Morgan fingerprint density at radius 2 is 1.47 bits per heavy atom. The van der Waals surface area contributed by atoms with Crippen molar-refractivity contribution < 1.29 is 30.3 Å². The maximum Gasteiger partial charge on any atom is 0.119 e. The van der Waals surface area contributed by atoms with Crippen LogP contribution in [0.4, 0.5) is 0 Å². The largest absolute Gasteiger partial charge is 0.491 e. The molecule has 0 radical (unpaired) electrons. The van der Waals surface area contributed by atoms with Crippen molar-refractivity contribution >= 4 is 0 Å². The van der Waals surface area contributed by atoms with E-state index in [0.29, 0.717) is 6.61 Å². The Morgan fingerprint density at radius 1 is 1.00 bits per heavy atom. The van der Waals surface area contributed by atoms with Crippen LogP contribution in [0, 0.1) is 0 Å². The lowest BCUT2D eigenvalue weighted by Gasteiger charge is -2.01. The van der Waals surface area contributed by atoms with Gasteiger partial charge < -0.3 is 30.3 Å². The molecule has 0 saturated carbocycles. The molecule has 0 atom stereocenters. The molecule has 0 fully saturated rings. The number of hydrogen-bond acceptors (Lipinski definition) is 6. The summed E-state index contributed by atoms with van der Waals surface area (Å²) < 4.78 is 5.11. The van der Waals surface area contributed by atoms with Gasteiger partial charge in [-0.15, -0.1) is 0 Å². The SMILES string of the molecule is CCO.OCC(O)CO.OCCOc1ccccc1. The topological polar surface area (TPSA) is 110 Å². The van der Waals surface area contributed by atoms with Gasteiger partial charge in [0.2, 0.25) is 0 Å². The second-order valence-electron chi connectivity index (χ2n) is 3.22. The van der Waals surface area contributed by atoms with Crippen molar-refractivity contribution in [3.8, 4) is 5.75 Å². The third-order valence-electron chi connectivity index (χ3n) is 1.52. The molecule has 6 heteroatoms. The smallest absolute Gasteiger partial charge is 0.119 e. The molecular weight excluding hydrogens is 252 g/mol. The molecule has 0 amide bonds. The average Bonchev–Trinajstić information content (AvgIpc) is 2.47. The molecule has 0 heterocycles. The van der Waals surface area contributed by atoms with E-state index in [4.69, 9.17) is 30.3 Å². The maximum absolute atomic E-state index is 8.40. The van der Waals surface area contributed by atoms with Crippen LogP contribution in [0.3, 0.4) is 0 Å². The molecule has 0 aliphatic carbocycles. The zero-order valence-corrected chi connectivity index (χ0v) is 11.1. The normalized spacial score (nSPS) is 9.00. The van der Waals surface area contributed by atoms with Crippen molar-refractivity contribution in [3.05, 3.63) is 30.3 Å². The van der Waals surface area contributed by atoms with Crippen LogP contribution >= 0.6 is 0 Å². The molecule has 0 aliphatic heterocycles. The molecule has 0 unspecified atom stereocenters. The lowest BCUT2D eigenvalue weighted by atomic mass is 10.3. The van der Waals surface area contributed by atoms with E-state index in [9.17, 15) is 0 Å². The van der Waals surface area contributed by atoms with Crippen molar-refractivity contribution in [1.82, 2.24) is 0 Å². The Balaban J connectivity index is 0. The summed E-state index contributed by atoms with van der Waals surface area (Å²) in [7, 11) is 0. The predicted octanol–water partition coefficient (Wildman–Crippen LogP) is -0.612. The monoisotopic (exact) mass is 276 g/mol. The molecule has 0 aromatic heterocycles. The van der Waals surface area contributed by atoms with Crippen molar-refractivity contribution in [3.63, 3.8) is 0 Å². The zero-order valence-electron chi connectivity index (χ0n) is 11.1. The van der Waals surface area contributed by atoms with Crippen molar-refractivity contribution in [1.29, 1.82) is 0 Å². The molecule has 1 rings (SSSR count). The fourth-order valence-electron chi connectivity index (χ4n) is 0.738. The van der Waals surface area contributed by atoms with Crippen molar-refractivity contribution in [2.75, 3.05) is 33.0 Å². The van der Waals surface area contributed by atoms with Gasteiger partial charge in [0.25, 0.3) is 0 Å². The number of benzene rings is 1. The van der Waals surface area contributed by atoms with E-state index in [2.05, 4.69) is 0 Å². The quantitative estimate of drug-likeness (QED) is 0.490. The van der Waals surface area contributed by atoms with E-state index < -0.39 is 6.10 Å². The average molecular weight is 276 g/mol. The van der Waals surface area contributed by atoms with Gasteiger partial charge in [0.15, 0.2) is 0 Å². The van der Waals surface area contributed by atoms with E-state index >= 15 is 0 Å². The van der Waals surface area contributed by atoms with E-state index in [1.165, 1.54) is 0 Å². The maximum atomic E-state index is 8.40. The van der Waals surface area contributed by atoms with Gasteiger partial charge in [-0.2, -0.15) is 0 Å². The van der Waals surface area contributed by atoms with Crippen LogP contribution in [-0.2, 0) is 0 Å². The first-order valence-electron chi connectivity index (χ1n) is 5.95. The molecule has 0 aliphatic rings. The number of rotatable bonds is 5. The van der Waals surface area contributed by atoms with Crippen LogP contribution in [0.25, 0.3) is 0 Å². The Bertz CT molecular complexity index is 251. The van der Waals surface area contributed by atoms with Crippen molar-refractivity contribution in [2.24, 2.45) is 0 Å². The minimum atomic E-state index is -0.954. The molecule has 0 spiro atoms. The van der Waals surface area contributed by atoms with Crippen molar-refractivity contribution in [2.45, 2.75) is 13.0 Å². The highest BCUT2D eigenvalue weighted by Gasteiger charge is 1.93. The molecule has 1 aromatic rings. The zero-order chi connectivity index (χ0) is 14.9. The van der Waals surface area contributed by atoms with Crippen LogP contribution in [0.15, 0.2) is 30.3 Å². The van der Waals surface area contributed by atoms with Crippen LogP contribution in [0.1, 0.15) is 6.92 Å². The summed E-state index contributed by atoms with van der Waals surface area (Å²) in [5.41, 5.74) is 0. The van der Waals surface area contributed by atoms with Gasteiger partial charge in [-0.3, -0.25) is 0 Å². The summed E-state index contributed by atoms with van der Waals surface area (Å²) in [6.45, 7) is 1.63. The highest BCUT2D eigenvalue weighted by molar-refractivity contribution is 5.20. The minimum Gasteiger partial charge on any atom is -0.491 e. The van der Waals surface area contributed by atoms with E-state index in [-0.39, 0.29) is 26.4 Å². The third kappa shape index (κ3) is 16.8. The molecule has 19 heavy (non-hydrogen) atoms. The third-order valence-corrected chi connectivity index (χ3v) is 1.52. The molecule has 0 saturated heterocycles. The Morgan fingerprint density at radius 3 is 1.79 bits per heavy atom. The minimum absolute atomic E-state index is 0.0644. The summed E-state index contributed by atoms with van der Waals surface area (Å²) in [6, 6.07) is 9.43. The second-order valence-corrected chi connectivity index (χ2v) is 3.22. The lowest BCUT2D eigenvalue weighted by molar-refractivity contribution is 0.0450. The molecule has 1 aromatic carbocycles.